The third-order valence-electron chi connectivity index (χ3n) is 10.3. The third kappa shape index (κ3) is 9.33. The van der Waals surface area contributed by atoms with Gasteiger partial charge in [0.15, 0.2) is 0 Å². The van der Waals surface area contributed by atoms with Crippen molar-refractivity contribution in [1.82, 2.24) is 0 Å². The highest BCUT2D eigenvalue weighted by Gasteiger charge is 2.45. The molecule has 0 saturated heterocycles. The summed E-state index contributed by atoms with van der Waals surface area (Å²) < 4.78 is 0. The molecule has 0 unspecified atom stereocenters. The number of nitrogens with zero attached hydrogens (tertiary/aromatic N) is 1. The molecule has 0 saturated carbocycles. The number of nitro groups is 1. The molecule has 3 aromatic rings. The van der Waals surface area contributed by atoms with Crippen molar-refractivity contribution < 1.29 is 20.2 Å². The molecule has 0 radical (unpaired) electrons. The zero-order valence-electron chi connectivity index (χ0n) is 35.7. The van der Waals surface area contributed by atoms with Crippen LogP contribution in [0.3, 0.4) is 0 Å². The molecule has 0 aliphatic heterocycles. The Labute approximate surface area is 315 Å². The first kappa shape index (κ1) is 42.9. The van der Waals surface area contributed by atoms with Crippen molar-refractivity contribution in [3.63, 3.8) is 0 Å². The summed E-state index contributed by atoms with van der Waals surface area (Å²) in [5, 5.41) is 48.7. The molecule has 3 aromatic carbocycles. The number of hydrogen-bond donors (Lipinski definition) is 3. The predicted molar refractivity (Wildman–Crippen MR) is 217 cm³/mol. The van der Waals surface area contributed by atoms with Gasteiger partial charge in [0.25, 0.3) is 0 Å². The monoisotopic (exact) mass is 716 g/mol. The number of phenols is 3. The number of aromatic hydroxyl groups is 3. The zero-order valence-corrected chi connectivity index (χ0v) is 35.7. The van der Waals surface area contributed by atoms with Crippen molar-refractivity contribution in [2.24, 2.45) is 0 Å². The maximum atomic E-state index is 14.0. The van der Waals surface area contributed by atoms with Crippen LogP contribution in [0.4, 0.5) is 0 Å². The highest BCUT2D eigenvalue weighted by atomic mass is 16.6. The van der Waals surface area contributed by atoms with Crippen molar-refractivity contribution in [3.8, 4) is 17.2 Å². The third-order valence-corrected chi connectivity index (χ3v) is 10.3. The van der Waals surface area contributed by atoms with Crippen LogP contribution in [0.15, 0.2) is 36.4 Å². The van der Waals surface area contributed by atoms with Gasteiger partial charge in [0.05, 0.1) is 0 Å². The summed E-state index contributed by atoms with van der Waals surface area (Å²) in [5.41, 5.74) is 2.99. The van der Waals surface area contributed by atoms with Gasteiger partial charge in [-0.15, -0.1) is 0 Å². The number of phenolic OH excluding ortho intramolecular Hbond substituents is 3. The van der Waals surface area contributed by atoms with Gasteiger partial charge in [-0.2, -0.15) is 0 Å². The van der Waals surface area contributed by atoms with Crippen molar-refractivity contribution in [1.29, 1.82) is 0 Å². The predicted octanol–water partition coefficient (Wildman–Crippen LogP) is 11.6. The molecular weight excluding hydrogens is 647 g/mol. The molecule has 52 heavy (non-hydrogen) atoms. The molecule has 6 heteroatoms. The van der Waals surface area contributed by atoms with Gasteiger partial charge in [-0.3, -0.25) is 10.1 Å². The van der Waals surface area contributed by atoms with E-state index in [-0.39, 0.29) is 41.4 Å². The zero-order chi connectivity index (χ0) is 40.4. The fourth-order valence-corrected chi connectivity index (χ4v) is 7.34. The molecule has 0 aliphatic rings. The molecule has 0 heterocycles. The van der Waals surface area contributed by atoms with E-state index in [2.05, 4.69) is 125 Å². The molecule has 0 fully saturated rings. The summed E-state index contributed by atoms with van der Waals surface area (Å²) in [7, 11) is 0. The normalized spacial score (nSPS) is 13.8. The molecule has 0 aromatic heterocycles. The van der Waals surface area contributed by atoms with Crippen LogP contribution in [0.2, 0.25) is 0 Å². The van der Waals surface area contributed by atoms with Gasteiger partial charge in [0, 0.05) is 24.2 Å². The van der Waals surface area contributed by atoms with E-state index in [9.17, 15) is 25.4 Å². The Morgan fingerprint density at radius 1 is 0.404 bits per heavy atom. The molecule has 0 bridgehead atoms. The van der Waals surface area contributed by atoms with Crippen LogP contribution in [0.1, 0.15) is 175 Å². The van der Waals surface area contributed by atoms with Crippen LogP contribution >= 0.6 is 0 Å². The minimum atomic E-state index is -1.52. The Morgan fingerprint density at radius 3 is 0.673 bits per heavy atom. The summed E-state index contributed by atoms with van der Waals surface area (Å²) in [6.07, 6.45) is 0.332. The van der Waals surface area contributed by atoms with E-state index in [4.69, 9.17) is 0 Å². The van der Waals surface area contributed by atoms with Gasteiger partial charge in [-0.05, 0) is 82.6 Å². The van der Waals surface area contributed by atoms with Crippen LogP contribution in [0.25, 0.3) is 0 Å². The van der Waals surface area contributed by atoms with E-state index < -0.39 is 38.0 Å². The molecule has 0 atom stereocenters. The highest BCUT2D eigenvalue weighted by Crippen LogP contribution is 2.45. The average molecular weight is 716 g/mol. The summed E-state index contributed by atoms with van der Waals surface area (Å²) in [6, 6.07) is 11.7. The number of hydrogen-bond acceptors (Lipinski definition) is 5. The smallest absolute Gasteiger partial charge is 0.234 e. The fraction of sp³-hybridized carbons (Fsp3) is 0.609. The van der Waals surface area contributed by atoms with Crippen LogP contribution in [0.5, 0.6) is 17.2 Å². The van der Waals surface area contributed by atoms with E-state index >= 15 is 0 Å². The Kier molecular flexibility index (Phi) is 11.3. The Hall–Kier alpha value is -3.54. The van der Waals surface area contributed by atoms with Crippen LogP contribution < -0.4 is 0 Å². The van der Waals surface area contributed by atoms with Crippen LogP contribution in [-0.4, -0.2) is 25.8 Å². The molecular formula is C46H69NO5. The standard InChI is InChI=1S/C46H69NO5/c1-40(2,3)31-19-28(20-32(37(31)48)41(4,5)6)25-46(47(51)52,26-29-21-33(42(7,8)9)38(49)34(22-29)43(10,11)12)27-30-23-35(44(13,14)15)39(50)36(24-30)45(16,17)18/h19-24,48-50H,25-27H2,1-18H3. The SMILES string of the molecule is CC(C)(C)c1cc(CC(Cc2cc(C(C)(C)C)c(O)c(C(C)(C)C)c2)(Cc2cc(C(C)(C)C)c(O)c(C(C)(C)C)c2)[N+](=O)[O-])cc(C(C)(C)C)c1O. The molecule has 3 N–H and O–H groups in total. The second kappa shape index (κ2) is 13.7. The minimum absolute atomic E-state index is 0.103. The molecule has 0 aliphatic carbocycles. The first-order chi connectivity index (χ1) is 23.1. The van der Waals surface area contributed by atoms with Crippen molar-refractivity contribution >= 4 is 0 Å². The van der Waals surface area contributed by atoms with Crippen molar-refractivity contribution in [2.75, 3.05) is 0 Å². The largest absolute Gasteiger partial charge is 0.507 e. The molecule has 6 nitrogen and oxygen atoms in total. The topological polar surface area (TPSA) is 104 Å². The Morgan fingerprint density at radius 2 is 0.558 bits per heavy atom. The lowest BCUT2D eigenvalue weighted by Crippen LogP contribution is -2.45. The molecule has 0 amide bonds. The van der Waals surface area contributed by atoms with Gasteiger partial charge in [0.1, 0.15) is 17.2 Å². The van der Waals surface area contributed by atoms with Crippen LogP contribution in [0, 0.1) is 10.1 Å². The second-order valence-electron chi connectivity index (χ2n) is 21.6. The first-order valence-corrected chi connectivity index (χ1v) is 18.8. The quantitative estimate of drug-likeness (QED) is 0.167. The Balaban J connectivity index is 2.51. The lowest BCUT2D eigenvalue weighted by Gasteiger charge is -2.33. The van der Waals surface area contributed by atoms with Gasteiger partial charge in [0.2, 0.25) is 5.54 Å². The van der Waals surface area contributed by atoms with E-state index in [1.54, 1.807) is 0 Å². The Bertz CT molecular complexity index is 1500. The first-order valence-electron chi connectivity index (χ1n) is 18.8. The van der Waals surface area contributed by atoms with Crippen LogP contribution in [-0.2, 0) is 51.8 Å². The summed E-state index contributed by atoms with van der Waals surface area (Å²) >= 11 is 0. The molecule has 0 spiro atoms. The average Bonchev–Trinajstić information content (AvgIpc) is 2.91. The van der Waals surface area contributed by atoms with Crippen molar-refractivity contribution in [3.05, 3.63) is 96.6 Å². The van der Waals surface area contributed by atoms with Gasteiger partial charge >= 0.3 is 0 Å². The van der Waals surface area contributed by atoms with Gasteiger partial charge in [-0.25, -0.2) is 0 Å². The maximum Gasteiger partial charge on any atom is 0.234 e. The summed E-state index contributed by atoms with van der Waals surface area (Å²) in [5.74, 6) is 0.713. The van der Waals surface area contributed by atoms with E-state index in [1.165, 1.54) is 0 Å². The highest BCUT2D eigenvalue weighted by molar-refractivity contribution is 5.53. The minimum Gasteiger partial charge on any atom is -0.507 e. The number of rotatable bonds is 7. The fourth-order valence-electron chi connectivity index (χ4n) is 7.34. The van der Waals surface area contributed by atoms with Gasteiger partial charge < -0.3 is 15.3 Å². The van der Waals surface area contributed by atoms with Crippen molar-refractivity contribution in [2.45, 2.75) is 182 Å². The summed E-state index contributed by atoms with van der Waals surface area (Å²) in [4.78, 5) is 13.9. The lowest BCUT2D eigenvalue weighted by atomic mass is 9.72. The maximum absolute atomic E-state index is 14.0. The van der Waals surface area contributed by atoms with E-state index in [0.717, 1.165) is 50.1 Å². The second-order valence-corrected chi connectivity index (χ2v) is 21.6. The lowest BCUT2D eigenvalue weighted by molar-refractivity contribution is -0.569. The summed E-state index contributed by atoms with van der Waals surface area (Å²) in [6.45, 7) is 36.9. The molecule has 3 rings (SSSR count). The number of benzene rings is 3. The van der Waals surface area contributed by atoms with E-state index in [1.807, 2.05) is 36.4 Å². The molecule has 288 valence electrons. The van der Waals surface area contributed by atoms with Gasteiger partial charge in [-0.1, -0.05) is 161 Å². The van der Waals surface area contributed by atoms with E-state index in [0.29, 0.717) is 0 Å².